The van der Waals surface area contributed by atoms with Crippen LogP contribution in [0, 0.1) is 11.3 Å². The first-order valence-corrected chi connectivity index (χ1v) is 11.9. The van der Waals surface area contributed by atoms with Crippen LogP contribution in [0.3, 0.4) is 0 Å². The maximum absolute atomic E-state index is 8.09. The monoisotopic (exact) mass is 437 g/mol. The van der Waals surface area contributed by atoms with Crippen LogP contribution in [0.15, 0.2) is 42.1 Å². The SMILES string of the molecule is CNC1C=CCN(c2ccc3c(c2)N(C)C(/C(C=N)=C/NC2CC(CCN)C2)CN3C)C1. The van der Waals surface area contributed by atoms with Gasteiger partial charge in [0.1, 0.15) is 0 Å². The molecule has 0 bridgehead atoms. The van der Waals surface area contributed by atoms with E-state index in [2.05, 4.69) is 76.0 Å². The van der Waals surface area contributed by atoms with Gasteiger partial charge in [-0.1, -0.05) is 12.2 Å². The van der Waals surface area contributed by atoms with Crippen LogP contribution in [0.2, 0.25) is 0 Å². The lowest BCUT2D eigenvalue weighted by Gasteiger charge is -2.43. The summed E-state index contributed by atoms with van der Waals surface area (Å²) in [6.07, 6.45) is 11.6. The summed E-state index contributed by atoms with van der Waals surface area (Å²) in [6.45, 7) is 3.54. The molecule has 7 heteroatoms. The lowest BCUT2D eigenvalue weighted by atomic mass is 9.78. The Kier molecular flexibility index (Phi) is 7.06. The van der Waals surface area contributed by atoms with E-state index in [1.165, 1.54) is 36.1 Å². The van der Waals surface area contributed by atoms with Crippen molar-refractivity contribution in [1.29, 1.82) is 5.41 Å². The van der Waals surface area contributed by atoms with Gasteiger partial charge in [-0.3, -0.25) is 0 Å². The van der Waals surface area contributed by atoms with Gasteiger partial charge in [0.05, 0.1) is 17.4 Å². The van der Waals surface area contributed by atoms with Crippen molar-refractivity contribution in [3.8, 4) is 0 Å². The van der Waals surface area contributed by atoms with Crippen LogP contribution in [0.5, 0.6) is 0 Å². The van der Waals surface area contributed by atoms with E-state index in [0.29, 0.717) is 12.1 Å². The second-order valence-corrected chi connectivity index (χ2v) is 9.48. The molecule has 0 saturated heterocycles. The molecule has 5 N–H and O–H groups in total. The molecule has 2 heterocycles. The molecule has 174 valence electrons. The Labute approximate surface area is 192 Å². The highest BCUT2D eigenvalue weighted by atomic mass is 15.3. The van der Waals surface area contributed by atoms with Crippen LogP contribution in [0.4, 0.5) is 17.1 Å². The predicted molar refractivity (Wildman–Crippen MR) is 136 cm³/mol. The van der Waals surface area contributed by atoms with Gasteiger partial charge in [0.2, 0.25) is 0 Å². The van der Waals surface area contributed by atoms with E-state index in [0.717, 1.165) is 44.1 Å². The summed E-state index contributed by atoms with van der Waals surface area (Å²) in [7, 11) is 6.32. The van der Waals surface area contributed by atoms with Crippen LogP contribution in [-0.2, 0) is 0 Å². The maximum Gasteiger partial charge on any atom is 0.0743 e. The Hall–Kier alpha value is -2.51. The normalized spacial score (nSPS) is 27.8. The highest BCUT2D eigenvalue weighted by Gasteiger charge is 2.31. The minimum Gasteiger partial charge on any atom is -0.388 e. The van der Waals surface area contributed by atoms with E-state index in [9.17, 15) is 0 Å². The topological polar surface area (TPSA) is 83.6 Å². The summed E-state index contributed by atoms with van der Waals surface area (Å²) in [5, 5.41) is 15.0. The van der Waals surface area contributed by atoms with E-state index in [-0.39, 0.29) is 6.04 Å². The Balaban J connectivity index is 1.50. The smallest absolute Gasteiger partial charge is 0.0743 e. The van der Waals surface area contributed by atoms with Crippen molar-refractivity contribution >= 4 is 23.3 Å². The summed E-state index contributed by atoms with van der Waals surface area (Å²) >= 11 is 0. The molecule has 2 atom stereocenters. The number of nitrogens with two attached hydrogens (primary N) is 1. The van der Waals surface area contributed by atoms with E-state index in [1.54, 1.807) is 0 Å². The zero-order chi connectivity index (χ0) is 22.7. The third kappa shape index (κ3) is 4.64. The molecule has 0 radical (unpaired) electrons. The number of nitrogens with one attached hydrogen (secondary N) is 3. The molecule has 2 aliphatic heterocycles. The van der Waals surface area contributed by atoms with Crippen molar-refractivity contribution in [3.63, 3.8) is 0 Å². The molecule has 1 fully saturated rings. The number of rotatable bonds is 8. The van der Waals surface area contributed by atoms with Gasteiger partial charge in [-0.2, -0.15) is 0 Å². The molecule has 4 rings (SSSR count). The highest BCUT2D eigenvalue weighted by Crippen LogP contribution is 2.38. The molecule has 2 unspecified atom stereocenters. The molecule has 1 aromatic carbocycles. The molecular weight excluding hydrogens is 398 g/mol. The number of fused-ring (bicyclic) bond motifs is 1. The lowest BCUT2D eigenvalue weighted by molar-refractivity contribution is 0.229. The van der Waals surface area contributed by atoms with Crippen LogP contribution >= 0.6 is 0 Å². The van der Waals surface area contributed by atoms with Gasteiger partial charge in [-0.05, 0) is 57.0 Å². The van der Waals surface area contributed by atoms with Crippen molar-refractivity contribution in [1.82, 2.24) is 10.6 Å². The largest absolute Gasteiger partial charge is 0.388 e. The van der Waals surface area contributed by atoms with Crippen LogP contribution in [0.25, 0.3) is 0 Å². The molecular formula is C25H39N7. The Morgan fingerprint density at radius 2 is 2.03 bits per heavy atom. The zero-order valence-electron chi connectivity index (χ0n) is 19.7. The second-order valence-electron chi connectivity index (χ2n) is 9.48. The highest BCUT2D eigenvalue weighted by molar-refractivity contribution is 5.84. The van der Waals surface area contributed by atoms with E-state index in [1.807, 2.05) is 7.05 Å². The number of nitrogens with zero attached hydrogens (tertiary/aromatic N) is 3. The Bertz CT molecular complexity index is 858. The summed E-state index contributed by atoms with van der Waals surface area (Å²) in [5.41, 5.74) is 10.4. The van der Waals surface area contributed by atoms with Gasteiger partial charge in [-0.25, -0.2) is 0 Å². The molecule has 1 saturated carbocycles. The number of benzene rings is 1. The van der Waals surface area contributed by atoms with Crippen molar-refractivity contribution < 1.29 is 0 Å². The molecule has 3 aliphatic rings. The summed E-state index contributed by atoms with van der Waals surface area (Å²) in [6, 6.07) is 7.81. The number of hydrogen-bond acceptors (Lipinski definition) is 7. The van der Waals surface area contributed by atoms with Crippen molar-refractivity contribution in [2.75, 3.05) is 62.0 Å². The van der Waals surface area contributed by atoms with Gasteiger partial charge in [0.25, 0.3) is 0 Å². The molecule has 0 aromatic heterocycles. The van der Waals surface area contributed by atoms with E-state index < -0.39 is 0 Å². The van der Waals surface area contributed by atoms with Crippen LogP contribution in [0.1, 0.15) is 19.3 Å². The van der Waals surface area contributed by atoms with Gasteiger partial charge >= 0.3 is 0 Å². The Morgan fingerprint density at radius 1 is 1.22 bits per heavy atom. The molecule has 32 heavy (non-hydrogen) atoms. The van der Waals surface area contributed by atoms with Crippen molar-refractivity contribution in [3.05, 3.63) is 42.1 Å². The molecule has 1 aromatic rings. The van der Waals surface area contributed by atoms with Gasteiger partial charge < -0.3 is 36.5 Å². The van der Waals surface area contributed by atoms with Crippen molar-refractivity contribution in [2.45, 2.75) is 37.4 Å². The van der Waals surface area contributed by atoms with Crippen LogP contribution < -0.4 is 31.1 Å². The van der Waals surface area contributed by atoms with Crippen LogP contribution in [-0.4, -0.2) is 71.7 Å². The average Bonchev–Trinajstić information content (AvgIpc) is 2.80. The molecule has 1 aliphatic carbocycles. The van der Waals surface area contributed by atoms with Crippen molar-refractivity contribution in [2.24, 2.45) is 11.7 Å². The van der Waals surface area contributed by atoms with E-state index in [4.69, 9.17) is 11.1 Å². The Morgan fingerprint density at radius 3 is 2.75 bits per heavy atom. The average molecular weight is 438 g/mol. The fraction of sp³-hybridized carbons (Fsp3) is 0.560. The fourth-order valence-corrected chi connectivity index (χ4v) is 5.21. The lowest BCUT2D eigenvalue weighted by Crippen LogP contribution is -2.48. The third-order valence-electron chi connectivity index (χ3n) is 7.36. The number of anilines is 3. The predicted octanol–water partition coefficient (Wildman–Crippen LogP) is 2.16. The first kappa shape index (κ1) is 22.7. The summed E-state index contributed by atoms with van der Waals surface area (Å²) in [4.78, 5) is 7.07. The van der Waals surface area contributed by atoms with E-state index >= 15 is 0 Å². The van der Waals surface area contributed by atoms with Gasteiger partial charge in [0.15, 0.2) is 0 Å². The number of likely N-dealkylation sites (N-methyl/N-ethyl adjacent to an activating group) is 3. The fourth-order valence-electron chi connectivity index (χ4n) is 5.21. The minimum atomic E-state index is 0.138. The van der Waals surface area contributed by atoms with Gasteiger partial charge in [-0.15, -0.1) is 0 Å². The third-order valence-corrected chi connectivity index (χ3v) is 7.36. The molecule has 0 amide bonds. The zero-order valence-corrected chi connectivity index (χ0v) is 19.7. The summed E-state index contributed by atoms with van der Waals surface area (Å²) < 4.78 is 0. The quantitative estimate of drug-likeness (QED) is 0.369. The maximum atomic E-state index is 8.09. The number of hydrogen-bond donors (Lipinski definition) is 4. The second kappa shape index (κ2) is 9.96. The molecule has 7 nitrogen and oxygen atoms in total. The minimum absolute atomic E-state index is 0.138. The first-order chi connectivity index (χ1) is 15.5. The molecule has 0 spiro atoms. The summed E-state index contributed by atoms with van der Waals surface area (Å²) in [5.74, 6) is 0.759. The standard InChI is InChI=1S/C25H39N7/c1-28-20-5-4-10-32(16-20)22-6-7-23-24(13-22)31(3)25(17-30(23)2)19(14-27)15-29-21-11-18(12-21)8-9-26/h4-7,13-15,18,20-21,25,27-29H,8-12,16-17,26H2,1-3H3/b19-15+,27-14?. The van der Waals surface area contributed by atoms with Gasteiger partial charge in [0, 0.05) is 69.5 Å². The first-order valence-electron chi connectivity index (χ1n) is 11.9.